The van der Waals surface area contributed by atoms with Crippen LogP contribution in [0.5, 0.6) is 0 Å². The topological polar surface area (TPSA) is 60.8 Å². The van der Waals surface area contributed by atoms with Crippen molar-refractivity contribution in [3.8, 4) is 0 Å². The van der Waals surface area contributed by atoms with Gasteiger partial charge in [-0.05, 0) is 39.8 Å². The molecule has 0 saturated carbocycles. The first-order valence-corrected chi connectivity index (χ1v) is 9.35. The van der Waals surface area contributed by atoms with Crippen LogP contribution in [0.1, 0.15) is 44.0 Å². The molecule has 0 atom stereocenters. The van der Waals surface area contributed by atoms with Gasteiger partial charge in [-0.2, -0.15) is 0 Å². The van der Waals surface area contributed by atoms with E-state index >= 15 is 0 Å². The van der Waals surface area contributed by atoms with E-state index in [0.29, 0.717) is 26.1 Å². The number of aryl methyl sites for hydroxylation is 2. The lowest BCUT2D eigenvalue weighted by Crippen LogP contribution is -2.40. The maximum atomic E-state index is 12.5. The second-order valence-corrected chi connectivity index (χ2v) is 8.08. The zero-order valence-electron chi connectivity index (χ0n) is 16.8. The fourth-order valence-corrected chi connectivity index (χ4v) is 3.61. The third-order valence-electron chi connectivity index (χ3n) is 4.83. The largest absolute Gasteiger partial charge is 0.469 e. The molecule has 6 heteroatoms. The van der Waals surface area contributed by atoms with Crippen molar-refractivity contribution < 1.29 is 19.1 Å². The highest BCUT2D eigenvalue weighted by molar-refractivity contribution is 5.87. The van der Waals surface area contributed by atoms with Gasteiger partial charge in [0.2, 0.25) is 0 Å². The fraction of sp³-hybridized carbons (Fsp3) is 0.524. The molecular weight excluding hydrogens is 344 g/mol. The molecule has 0 fully saturated rings. The van der Waals surface area contributed by atoms with Gasteiger partial charge in [-0.15, -0.1) is 0 Å². The summed E-state index contributed by atoms with van der Waals surface area (Å²) in [5, 5.41) is 1.14. The first kappa shape index (κ1) is 19.3. The number of aromatic nitrogens is 1. The Morgan fingerprint density at radius 1 is 1.22 bits per heavy atom. The van der Waals surface area contributed by atoms with E-state index in [1.807, 2.05) is 20.8 Å². The van der Waals surface area contributed by atoms with E-state index in [-0.39, 0.29) is 12.1 Å². The van der Waals surface area contributed by atoms with Crippen LogP contribution in [0.15, 0.2) is 18.2 Å². The highest BCUT2D eigenvalue weighted by Crippen LogP contribution is 2.32. The molecule has 27 heavy (non-hydrogen) atoms. The molecular formula is C21H28N2O4. The van der Waals surface area contributed by atoms with Gasteiger partial charge in [0.1, 0.15) is 5.60 Å². The van der Waals surface area contributed by atoms with E-state index in [4.69, 9.17) is 9.47 Å². The Morgan fingerprint density at radius 3 is 2.63 bits per heavy atom. The normalized spacial score (nSPS) is 14.2. The number of hydrogen-bond donors (Lipinski definition) is 0. The Morgan fingerprint density at radius 2 is 1.96 bits per heavy atom. The third kappa shape index (κ3) is 4.10. The number of methoxy groups -OCH3 is 1. The van der Waals surface area contributed by atoms with Gasteiger partial charge in [0.25, 0.3) is 0 Å². The van der Waals surface area contributed by atoms with E-state index in [1.165, 1.54) is 18.4 Å². The van der Waals surface area contributed by atoms with E-state index in [1.54, 1.807) is 4.90 Å². The smallest absolute Gasteiger partial charge is 0.410 e. The molecule has 1 aromatic carbocycles. The number of carbonyl (C=O) groups is 2. The SMILES string of the molecule is COC(=O)CCn1c2c(c3cc(C)ccc31)CN(C(=O)OC(C)(C)C)CC2. The highest BCUT2D eigenvalue weighted by Gasteiger charge is 2.29. The van der Waals surface area contributed by atoms with Crippen molar-refractivity contribution in [1.29, 1.82) is 0 Å². The first-order chi connectivity index (χ1) is 12.7. The van der Waals surface area contributed by atoms with E-state index in [9.17, 15) is 9.59 Å². The van der Waals surface area contributed by atoms with E-state index < -0.39 is 5.60 Å². The van der Waals surface area contributed by atoms with Crippen LogP contribution in [0, 0.1) is 6.92 Å². The number of carbonyl (C=O) groups excluding carboxylic acids is 2. The highest BCUT2D eigenvalue weighted by atomic mass is 16.6. The van der Waals surface area contributed by atoms with Gasteiger partial charge >= 0.3 is 12.1 Å². The molecule has 2 heterocycles. The number of fused-ring (bicyclic) bond motifs is 3. The number of rotatable bonds is 3. The van der Waals surface area contributed by atoms with Gasteiger partial charge in [-0.3, -0.25) is 4.79 Å². The predicted molar refractivity (Wildman–Crippen MR) is 104 cm³/mol. The van der Waals surface area contributed by atoms with Crippen molar-refractivity contribution in [2.45, 2.75) is 59.2 Å². The van der Waals surface area contributed by atoms with Crippen molar-refractivity contribution in [3.63, 3.8) is 0 Å². The molecule has 0 saturated heterocycles. The van der Waals surface area contributed by atoms with Crippen molar-refractivity contribution >= 4 is 23.0 Å². The van der Waals surface area contributed by atoms with Crippen LogP contribution in [0.2, 0.25) is 0 Å². The molecule has 0 aliphatic carbocycles. The Labute approximate surface area is 160 Å². The van der Waals surface area contributed by atoms with Crippen LogP contribution in [0.25, 0.3) is 10.9 Å². The number of amides is 1. The van der Waals surface area contributed by atoms with Crippen LogP contribution >= 0.6 is 0 Å². The van der Waals surface area contributed by atoms with Gasteiger partial charge in [0.15, 0.2) is 0 Å². The van der Waals surface area contributed by atoms with Crippen molar-refractivity contribution in [2.75, 3.05) is 13.7 Å². The van der Waals surface area contributed by atoms with Gasteiger partial charge in [-0.1, -0.05) is 11.6 Å². The van der Waals surface area contributed by atoms with Crippen LogP contribution in [-0.4, -0.2) is 40.8 Å². The van der Waals surface area contributed by atoms with Gasteiger partial charge < -0.3 is 18.9 Å². The fourth-order valence-electron chi connectivity index (χ4n) is 3.61. The molecule has 0 N–H and O–H groups in total. The summed E-state index contributed by atoms with van der Waals surface area (Å²) in [6, 6.07) is 6.33. The number of hydrogen-bond acceptors (Lipinski definition) is 4. The molecule has 1 aliphatic heterocycles. The van der Waals surface area contributed by atoms with Crippen LogP contribution in [-0.2, 0) is 33.8 Å². The number of nitrogens with zero attached hydrogens (tertiary/aromatic N) is 2. The lowest BCUT2D eigenvalue weighted by molar-refractivity contribution is -0.140. The van der Waals surface area contributed by atoms with Crippen molar-refractivity contribution in [2.24, 2.45) is 0 Å². The summed E-state index contributed by atoms with van der Waals surface area (Å²) in [6.45, 7) is 9.40. The molecule has 146 valence electrons. The molecule has 3 rings (SSSR count). The summed E-state index contributed by atoms with van der Waals surface area (Å²) in [5.74, 6) is -0.219. The second kappa shape index (κ2) is 7.25. The Kier molecular flexibility index (Phi) is 5.18. The molecule has 1 aromatic heterocycles. The summed E-state index contributed by atoms with van der Waals surface area (Å²) < 4.78 is 12.5. The van der Waals surface area contributed by atoms with Crippen LogP contribution in [0.4, 0.5) is 4.79 Å². The van der Waals surface area contributed by atoms with E-state index in [2.05, 4.69) is 29.7 Å². The first-order valence-electron chi connectivity index (χ1n) is 9.35. The molecule has 6 nitrogen and oxygen atoms in total. The maximum Gasteiger partial charge on any atom is 0.410 e. The number of ether oxygens (including phenoxy) is 2. The Bertz CT molecular complexity index is 876. The maximum absolute atomic E-state index is 12.5. The zero-order chi connectivity index (χ0) is 19.8. The quantitative estimate of drug-likeness (QED) is 0.769. The summed E-state index contributed by atoms with van der Waals surface area (Å²) in [4.78, 5) is 25.9. The van der Waals surface area contributed by atoms with Crippen LogP contribution in [0.3, 0.4) is 0 Å². The summed E-state index contributed by atoms with van der Waals surface area (Å²) in [5.41, 5.74) is 4.10. The average Bonchev–Trinajstić information content (AvgIpc) is 2.90. The van der Waals surface area contributed by atoms with Crippen molar-refractivity contribution in [3.05, 3.63) is 35.0 Å². The monoisotopic (exact) mass is 372 g/mol. The Balaban J connectivity index is 1.95. The molecule has 1 aliphatic rings. The van der Waals surface area contributed by atoms with Crippen molar-refractivity contribution in [1.82, 2.24) is 9.47 Å². The molecule has 1 amide bonds. The molecule has 0 radical (unpaired) electrons. The predicted octanol–water partition coefficient (Wildman–Crippen LogP) is 3.81. The Hall–Kier alpha value is -2.50. The summed E-state index contributed by atoms with van der Waals surface area (Å²) >= 11 is 0. The second-order valence-electron chi connectivity index (χ2n) is 8.08. The van der Waals surface area contributed by atoms with Gasteiger partial charge in [0.05, 0.1) is 20.1 Å². The molecule has 0 spiro atoms. The molecule has 0 unspecified atom stereocenters. The molecule has 0 bridgehead atoms. The summed E-state index contributed by atoms with van der Waals surface area (Å²) in [6.07, 6.45) is 0.788. The van der Waals surface area contributed by atoms with E-state index in [0.717, 1.165) is 22.9 Å². The minimum absolute atomic E-state index is 0.219. The van der Waals surface area contributed by atoms with Gasteiger partial charge in [0, 0.05) is 41.7 Å². The lowest BCUT2D eigenvalue weighted by Gasteiger charge is -2.30. The average molecular weight is 372 g/mol. The number of esters is 1. The molecule has 2 aromatic rings. The standard InChI is InChI=1S/C21H28N2O4/c1-14-6-7-17-15(12-14)16-13-22(20(25)27-21(2,3)4)10-8-18(16)23(17)11-9-19(24)26-5/h6-7,12H,8-11,13H2,1-5H3. The zero-order valence-corrected chi connectivity index (χ0v) is 16.8. The number of benzene rings is 1. The third-order valence-corrected chi connectivity index (χ3v) is 4.83. The van der Waals surface area contributed by atoms with Gasteiger partial charge in [-0.25, -0.2) is 4.79 Å². The summed E-state index contributed by atoms with van der Waals surface area (Å²) in [7, 11) is 1.41. The minimum atomic E-state index is -0.511. The van der Waals surface area contributed by atoms with Crippen LogP contribution < -0.4 is 0 Å². The minimum Gasteiger partial charge on any atom is -0.469 e. The lowest BCUT2D eigenvalue weighted by atomic mass is 10.0.